The number of nitrogens with zero attached hydrogens (tertiary/aromatic N) is 4. The molecule has 2 saturated heterocycles. The monoisotopic (exact) mass is 409 g/mol. The van der Waals surface area contributed by atoms with Crippen LogP contribution in [-0.4, -0.2) is 78.9 Å². The summed E-state index contributed by atoms with van der Waals surface area (Å²) in [6.45, 7) is 7.59. The van der Waals surface area contributed by atoms with Crippen LogP contribution in [0, 0.1) is 5.82 Å². The smallest absolute Gasteiger partial charge is 0.239 e. The lowest BCUT2D eigenvalue weighted by Crippen LogP contribution is -2.57. The summed E-state index contributed by atoms with van der Waals surface area (Å²) >= 11 is 5.85. The van der Waals surface area contributed by atoms with E-state index in [0.717, 1.165) is 63.6 Å². The SMILES string of the molecule is CN=C(NCc1ccc(F)c(Cl)c1)N1CCN(C(C)C(=O)N2CCCC2)CC1. The molecule has 1 unspecified atom stereocenters. The summed E-state index contributed by atoms with van der Waals surface area (Å²) in [5.41, 5.74) is 0.899. The van der Waals surface area contributed by atoms with Crippen LogP contribution in [0.15, 0.2) is 23.2 Å². The maximum Gasteiger partial charge on any atom is 0.239 e. The van der Waals surface area contributed by atoms with E-state index in [4.69, 9.17) is 11.6 Å². The lowest BCUT2D eigenvalue weighted by molar-refractivity contribution is -0.135. The Kier molecular flexibility index (Phi) is 7.13. The minimum Gasteiger partial charge on any atom is -0.352 e. The van der Waals surface area contributed by atoms with Crippen LogP contribution < -0.4 is 5.32 Å². The van der Waals surface area contributed by atoms with E-state index in [9.17, 15) is 9.18 Å². The van der Waals surface area contributed by atoms with E-state index in [1.54, 1.807) is 19.2 Å². The van der Waals surface area contributed by atoms with Gasteiger partial charge in [0.05, 0.1) is 11.1 Å². The number of likely N-dealkylation sites (tertiary alicyclic amines) is 1. The van der Waals surface area contributed by atoms with Crippen LogP contribution in [0.25, 0.3) is 0 Å². The summed E-state index contributed by atoms with van der Waals surface area (Å²) in [5.74, 6) is 0.642. The van der Waals surface area contributed by atoms with Crippen molar-refractivity contribution in [2.45, 2.75) is 32.4 Å². The minimum atomic E-state index is -0.413. The Morgan fingerprint density at radius 3 is 2.46 bits per heavy atom. The Labute approximate surface area is 171 Å². The number of amides is 1. The minimum absolute atomic E-state index is 0.0726. The third-order valence-corrected chi connectivity index (χ3v) is 5.87. The average molecular weight is 410 g/mol. The van der Waals surface area contributed by atoms with Gasteiger partial charge in [-0.2, -0.15) is 0 Å². The Balaban J connectivity index is 1.49. The van der Waals surface area contributed by atoms with Gasteiger partial charge in [-0.15, -0.1) is 0 Å². The maximum absolute atomic E-state index is 13.3. The summed E-state index contributed by atoms with van der Waals surface area (Å²) in [6, 6.07) is 4.64. The van der Waals surface area contributed by atoms with E-state index in [1.807, 2.05) is 11.8 Å². The van der Waals surface area contributed by atoms with Gasteiger partial charge in [-0.3, -0.25) is 14.7 Å². The van der Waals surface area contributed by atoms with Crippen molar-refractivity contribution in [3.05, 3.63) is 34.6 Å². The zero-order valence-electron chi connectivity index (χ0n) is 16.6. The largest absolute Gasteiger partial charge is 0.352 e. The Bertz CT molecular complexity index is 715. The van der Waals surface area contributed by atoms with Crippen LogP contribution in [0.2, 0.25) is 5.02 Å². The van der Waals surface area contributed by atoms with Crippen molar-refractivity contribution in [2.24, 2.45) is 4.99 Å². The summed E-state index contributed by atoms with van der Waals surface area (Å²) in [5, 5.41) is 3.44. The Morgan fingerprint density at radius 1 is 1.18 bits per heavy atom. The first kappa shape index (κ1) is 20.9. The zero-order valence-corrected chi connectivity index (χ0v) is 17.4. The molecule has 8 heteroatoms. The third-order valence-electron chi connectivity index (χ3n) is 5.58. The molecular weight excluding hydrogens is 381 g/mol. The predicted octanol–water partition coefficient (Wildman–Crippen LogP) is 2.18. The number of hydrogen-bond acceptors (Lipinski definition) is 3. The fourth-order valence-electron chi connectivity index (χ4n) is 3.84. The maximum atomic E-state index is 13.3. The van der Waals surface area contributed by atoms with Crippen molar-refractivity contribution in [2.75, 3.05) is 46.3 Å². The molecule has 154 valence electrons. The first-order chi connectivity index (χ1) is 13.5. The standard InChI is InChI=1S/C20H29ClFN5O/c1-15(19(28)26-7-3-4-8-26)25-9-11-27(12-10-25)20(23-2)24-14-16-5-6-18(22)17(21)13-16/h5-6,13,15H,3-4,7-12,14H2,1-2H3,(H,23,24). The van der Waals surface area contributed by atoms with E-state index in [1.165, 1.54) is 6.07 Å². The molecule has 1 amide bonds. The van der Waals surface area contributed by atoms with E-state index in [2.05, 4.69) is 20.1 Å². The number of aliphatic imine (C=N–C) groups is 1. The molecular formula is C20H29ClFN5O. The highest BCUT2D eigenvalue weighted by atomic mass is 35.5. The second-order valence-corrected chi connectivity index (χ2v) is 7.79. The molecule has 1 aromatic carbocycles. The summed E-state index contributed by atoms with van der Waals surface area (Å²) in [4.78, 5) is 23.4. The molecule has 1 aromatic rings. The highest BCUT2D eigenvalue weighted by Crippen LogP contribution is 2.16. The predicted molar refractivity (Wildman–Crippen MR) is 110 cm³/mol. The molecule has 2 aliphatic rings. The highest BCUT2D eigenvalue weighted by molar-refractivity contribution is 6.30. The van der Waals surface area contributed by atoms with Gasteiger partial charge in [0.25, 0.3) is 0 Å². The molecule has 3 rings (SSSR count). The van der Waals surface area contributed by atoms with Gasteiger partial charge < -0.3 is 15.1 Å². The van der Waals surface area contributed by atoms with Crippen LogP contribution in [-0.2, 0) is 11.3 Å². The molecule has 0 bridgehead atoms. The first-order valence-corrected chi connectivity index (χ1v) is 10.3. The number of piperazine rings is 1. The second-order valence-electron chi connectivity index (χ2n) is 7.38. The molecule has 1 atom stereocenters. The molecule has 28 heavy (non-hydrogen) atoms. The molecule has 0 aromatic heterocycles. The van der Waals surface area contributed by atoms with Crippen LogP contribution in [0.5, 0.6) is 0 Å². The molecule has 0 radical (unpaired) electrons. The first-order valence-electron chi connectivity index (χ1n) is 9.92. The topological polar surface area (TPSA) is 51.2 Å². The Morgan fingerprint density at radius 2 is 1.86 bits per heavy atom. The fourth-order valence-corrected chi connectivity index (χ4v) is 4.05. The number of nitrogens with one attached hydrogen (secondary N) is 1. The van der Waals surface area contributed by atoms with Crippen molar-refractivity contribution in [3.8, 4) is 0 Å². The van der Waals surface area contributed by atoms with Crippen molar-refractivity contribution in [1.29, 1.82) is 0 Å². The molecule has 1 N–H and O–H groups in total. The van der Waals surface area contributed by atoms with Gasteiger partial charge in [-0.1, -0.05) is 17.7 Å². The summed E-state index contributed by atoms with van der Waals surface area (Å²) in [7, 11) is 1.76. The van der Waals surface area contributed by atoms with Crippen molar-refractivity contribution in [1.82, 2.24) is 20.0 Å². The van der Waals surface area contributed by atoms with E-state index in [0.29, 0.717) is 6.54 Å². The summed E-state index contributed by atoms with van der Waals surface area (Å²) < 4.78 is 13.3. The lowest BCUT2D eigenvalue weighted by atomic mass is 10.2. The van der Waals surface area contributed by atoms with E-state index >= 15 is 0 Å². The third kappa shape index (κ3) is 4.94. The van der Waals surface area contributed by atoms with Crippen LogP contribution in [0.1, 0.15) is 25.3 Å². The normalized spacial score (nSPS) is 19.8. The van der Waals surface area contributed by atoms with Gasteiger partial charge in [0.2, 0.25) is 5.91 Å². The van der Waals surface area contributed by atoms with Crippen molar-refractivity contribution in [3.63, 3.8) is 0 Å². The second kappa shape index (κ2) is 9.56. The number of benzene rings is 1. The summed E-state index contributed by atoms with van der Waals surface area (Å²) in [6.07, 6.45) is 2.24. The van der Waals surface area contributed by atoms with Gasteiger partial charge in [0.1, 0.15) is 5.82 Å². The highest BCUT2D eigenvalue weighted by Gasteiger charge is 2.30. The number of carbonyl (C=O) groups excluding carboxylic acids is 1. The average Bonchev–Trinajstić information content (AvgIpc) is 3.25. The molecule has 6 nitrogen and oxygen atoms in total. The fraction of sp³-hybridized carbons (Fsp3) is 0.600. The van der Waals surface area contributed by atoms with Gasteiger partial charge in [-0.25, -0.2) is 4.39 Å². The van der Waals surface area contributed by atoms with Gasteiger partial charge in [-0.05, 0) is 37.5 Å². The van der Waals surface area contributed by atoms with Gasteiger partial charge in [0.15, 0.2) is 5.96 Å². The number of carbonyl (C=O) groups is 1. The number of guanidine groups is 1. The number of halogens is 2. The number of hydrogen-bond donors (Lipinski definition) is 1. The van der Waals surface area contributed by atoms with Gasteiger partial charge in [0, 0.05) is 52.9 Å². The molecule has 0 aliphatic carbocycles. The molecule has 2 heterocycles. The zero-order chi connectivity index (χ0) is 20.1. The van der Waals surface area contributed by atoms with Crippen molar-refractivity contribution < 1.29 is 9.18 Å². The van der Waals surface area contributed by atoms with Gasteiger partial charge >= 0.3 is 0 Å². The molecule has 2 aliphatic heterocycles. The quantitative estimate of drug-likeness (QED) is 0.611. The Hall–Kier alpha value is -1.86. The number of rotatable bonds is 4. The molecule has 2 fully saturated rings. The van der Waals surface area contributed by atoms with E-state index < -0.39 is 5.82 Å². The molecule has 0 spiro atoms. The molecule has 0 saturated carbocycles. The lowest BCUT2D eigenvalue weighted by Gasteiger charge is -2.39. The van der Waals surface area contributed by atoms with Crippen LogP contribution >= 0.6 is 11.6 Å². The van der Waals surface area contributed by atoms with Crippen LogP contribution in [0.4, 0.5) is 4.39 Å². The van der Waals surface area contributed by atoms with E-state index in [-0.39, 0.29) is 17.0 Å². The van der Waals surface area contributed by atoms with Crippen molar-refractivity contribution >= 4 is 23.5 Å². The van der Waals surface area contributed by atoms with Crippen LogP contribution in [0.3, 0.4) is 0 Å².